The predicted molar refractivity (Wildman–Crippen MR) is 166 cm³/mol. The van der Waals surface area contributed by atoms with Crippen LogP contribution in [-0.2, 0) is 22.1 Å². The lowest BCUT2D eigenvalue weighted by Gasteiger charge is -2.35. The SMILES string of the molecule is CCCCCCCCOCCN(CCCN1c2ccccc2S(=O)c2ccc(C)c(C)c21)Cc1ccccc1O. The van der Waals surface area contributed by atoms with Crippen molar-refractivity contribution < 1.29 is 14.1 Å². The third kappa shape index (κ3) is 7.74. The van der Waals surface area contributed by atoms with Gasteiger partial charge in [0.05, 0.1) is 38.6 Å². The fraction of sp³-hybridized carbons (Fsp3) is 0.471. The molecule has 4 rings (SSSR count). The van der Waals surface area contributed by atoms with E-state index in [4.69, 9.17) is 4.74 Å². The average Bonchev–Trinajstić information content (AvgIpc) is 2.96. The summed E-state index contributed by atoms with van der Waals surface area (Å²) < 4.78 is 19.5. The monoisotopic (exact) mass is 562 g/mol. The smallest absolute Gasteiger partial charge is 0.120 e. The molecule has 0 aliphatic carbocycles. The van der Waals surface area contributed by atoms with E-state index in [-0.39, 0.29) is 0 Å². The lowest BCUT2D eigenvalue weighted by Crippen LogP contribution is -2.32. The molecule has 0 saturated carbocycles. The number of aromatic hydroxyl groups is 1. The van der Waals surface area contributed by atoms with Crippen LogP contribution in [0.3, 0.4) is 0 Å². The number of hydrogen-bond donors (Lipinski definition) is 1. The zero-order valence-electron chi connectivity index (χ0n) is 24.5. The maximum atomic E-state index is 13.4. The second-order valence-corrected chi connectivity index (χ2v) is 12.3. The van der Waals surface area contributed by atoms with Crippen molar-refractivity contribution in [2.45, 2.75) is 82.1 Å². The Hall–Kier alpha value is -2.67. The zero-order chi connectivity index (χ0) is 28.3. The van der Waals surface area contributed by atoms with E-state index in [1.165, 1.54) is 43.2 Å². The van der Waals surface area contributed by atoms with E-state index >= 15 is 0 Å². The average molecular weight is 563 g/mol. The quantitative estimate of drug-likeness (QED) is 0.180. The van der Waals surface area contributed by atoms with Crippen molar-refractivity contribution in [2.75, 3.05) is 37.7 Å². The normalized spacial score (nSPS) is 14.4. The minimum absolute atomic E-state index is 0.341. The van der Waals surface area contributed by atoms with E-state index in [9.17, 15) is 9.32 Å². The third-order valence-corrected chi connectivity index (χ3v) is 9.40. The third-order valence-electron chi connectivity index (χ3n) is 7.93. The second-order valence-electron chi connectivity index (χ2n) is 10.9. The van der Waals surface area contributed by atoms with Gasteiger partial charge in [-0.05, 0) is 62.1 Å². The number of aryl methyl sites for hydroxylation is 1. The number of nitrogens with zero attached hydrogens (tertiary/aromatic N) is 2. The number of phenolic OH excluding ortho intramolecular Hbond substituents is 1. The minimum Gasteiger partial charge on any atom is -0.508 e. The van der Waals surface area contributed by atoms with Crippen molar-refractivity contribution in [3.63, 3.8) is 0 Å². The molecule has 1 N–H and O–H groups in total. The summed E-state index contributed by atoms with van der Waals surface area (Å²) in [5, 5.41) is 10.4. The van der Waals surface area contributed by atoms with Gasteiger partial charge in [0.25, 0.3) is 0 Å². The molecular weight excluding hydrogens is 516 g/mol. The molecule has 5 nitrogen and oxygen atoms in total. The molecular formula is C34H46N2O3S. The standard InChI is InChI=1S/C34H46N2O3S/c1-4-5-6-7-8-13-24-39-25-23-35(26-29-15-9-11-17-31(29)37)21-14-22-36-30-16-10-12-18-32(30)40(38)33-20-19-27(2)28(3)34(33)36/h9-12,15-20,37H,4-8,13-14,21-26H2,1-3H3. The molecule has 1 aliphatic rings. The van der Waals surface area contributed by atoms with Gasteiger partial charge in [0, 0.05) is 38.3 Å². The van der Waals surface area contributed by atoms with E-state index in [1.54, 1.807) is 6.07 Å². The predicted octanol–water partition coefficient (Wildman–Crippen LogP) is 7.90. The van der Waals surface area contributed by atoms with Gasteiger partial charge in [0.15, 0.2) is 0 Å². The van der Waals surface area contributed by atoms with Gasteiger partial charge in [0.2, 0.25) is 0 Å². The highest BCUT2D eigenvalue weighted by Crippen LogP contribution is 2.44. The van der Waals surface area contributed by atoms with Crippen molar-refractivity contribution in [3.8, 4) is 5.75 Å². The van der Waals surface area contributed by atoms with E-state index < -0.39 is 10.8 Å². The van der Waals surface area contributed by atoms with Gasteiger partial charge in [-0.2, -0.15) is 0 Å². The molecule has 0 fully saturated rings. The molecule has 3 aromatic rings. The Balaban J connectivity index is 1.40. The number of fused-ring (bicyclic) bond motifs is 2. The molecule has 0 amide bonds. The van der Waals surface area contributed by atoms with E-state index in [0.29, 0.717) is 18.9 Å². The number of rotatable bonds is 16. The van der Waals surface area contributed by atoms with Gasteiger partial charge in [-0.15, -0.1) is 0 Å². The first-order valence-electron chi connectivity index (χ1n) is 15.0. The summed E-state index contributed by atoms with van der Waals surface area (Å²) in [6.45, 7) is 11.2. The van der Waals surface area contributed by atoms with Gasteiger partial charge in [-0.25, -0.2) is 4.21 Å². The van der Waals surface area contributed by atoms with Crippen molar-refractivity contribution in [2.24, 2.45) is 0 Å². The molecule has 0 saturated heterocycles. The molecule has 0 aromatic heterocycles. The largest absolute Gasteiger partial charge is 0.508 e. The fourth-order valence-electron chi connectivity index (χ4n) is 5.46. The Morgan fingerprint density at radius 1 is 0.825 bits per heavy atom. The highest BCUT2D eigenvalue weighted by molar-refractivity contribution is 7.85. The first-order valence-corrected chi connectivity index (χ1v) is 16.1. The molecule has 0 bridgehead atoms. The van der Waals surface area contributed by atoms with Gasteiger partial charge in [-0.1, -0.05) is 75.4 Å². The molecule has 1 atom stereocenters. The van der Waals surface area contributed by atoms with Crippen molar-refractivity contribution in [3.05, 3.63) is 77.4 Å². The molecule has 0 spiro atoms. The number of benzene rings is 3. The van der Waals surface area contributed by atoms with Crippen LogP contribution in [0.2, 0.25) is 0 Å². The Morgan fingerprint density at radius 2 is 1.57 bits per heavy atom. The van der Waals surface area contributed by atoms with Crippen LogP contribution in [-0.4, -0.2) is 47.1 Å². The number of anilines is 2. The molecule has 1 unspecified atom stereocenters. The zero-order valence-corrected chi connectivity index (χ0v) is 25.3. The van der Waals surface area contributed by atoms with Crippen LogP contribution in [0.5, 0.6) is 5.75 Å². The minimum atomic E-state index is -1.18. The molecule has 216 valence electrons. The lowest BCUT2D eigenvalue weighted by atomic mass is 10.1. The molecule has 1 aliphatic heterocycles. The molecule has 40 heavy (non-hydrogen) atoms. The fourth-order valence-corrected chi connectivity index (χ4v) is 6.90. The molecule has 3 aromatic carbocycles. The van der Waals surface area contributed by atoms with E-state index in [0.717, 1.165) is 65.8 Å². The van der Waals surface area contributed by atoms with Gasteiger partial charge in [0.1, 0.15) is 5.75 Å². The summed E-state index contributed by atoms with van der Waals surface area (Å²) in [5.41, 5.74) is 5.47. The van der Waals surface area contributed by atoms with Gasteiger partial charge >= 0.3 is 0 Å². The first-order chi connectivity index (χ1) is 19.5. The van der Waals surface area contributed by atoms with Crippen LogP contribution < -0.4 is 4.90 Å². The second kappa shape index (κ2) is 15.4. The number of phenols is 1. The summed E-state index contributed by atoms with van der Waals surface area (Å²) >= 11 is 0. The highest BCUT2D eigenvalue weighted by Gasteiger charge is 2.29. The summed E-state index contributed by atoms with van der Waals surface area (Å²) in [6, 6.07) is 19.8. The molecule has 1 heterocycles. The van der Waals surface area contributed by atoms with E-state index in [1.807, 2.05) is 42.5 Å². The number of unbranched alkanes of at least 4 members (excludes halogenated alkanes) is 5. The van der Waals surface area contributed by atoms with Crippen LogP contribution in [0, 0.1) is 13.8 Å². The maximum Gasteiger partial charge on any atom is 0.120 e. The van der Waals surface area contributed by atoms with Gasteiger partial charge in [-0.3, -0.25) is 4.90 Å². The lowest BCUT2D eigenvalue weighted by molar-refractivity contribution is 0.0975. The van der Waals surface area contributed by atoms with Crippen LogP contribution in [0.15, 0.2) is 70.5 Å². The maximum absolute atomic E-state index is 13.4. The molecule has 6 heteroatoms. The van der Waals surface area contributed by atoms with Crippen LogP contribution in [0.4, 0.5) is 11.4 Å². The van der Waals surface area contributed by atoms with Crippen molar-refractivity contribution in [1.29, 1.82) is 0 Å². The molecule has 0 radical (unpaired) electrons. The Kier molecular flexibility index (Phi) is 11.6. The van der Waals surface area contributed by atoms with Crippen molar-refractivity contribution >= 4 is 22.2 Å². The van der Waals surface area contributed by atoms with Crippen molar-refractivity contribution in [1.82, 2.24) is 4.90 Å². The Labute approximate surface area is 243 Å². The summed E-state index contributed by atoms with van der Waals surface area (Å²) in [4.78, 5) is 6.53. The van der Waals surface area contributed by atoms with E-state index in [2.05, 4.69) is 42.7 Å². The first kappa shape index (κ1) is 30.3. The Bertz CT molecular complexity index is 1260. The van der Waals surface area contributed by atoms with Crippen LogP contribution in [0.1, 0.15) is 68.6 Å². The number of para-hydroxylation sites is 2. The van der Waals surface area contributed by atoms with Crippen LogP contribution >= 0.6 is 0 Å². The van der Waals surface area contributed by atoms with Gasteiger partial charge < -0.3 is 14.7 Å². The summed E-state index contributed by atoms with van der Waals surface area (Å²) in [6.07, 6.45) is 8.52. The topological polar surface area (TPSA) is 53.0 Å². The summed E-state index contributed by atoms with van der Waals surface area (Å²) in [7, 11) is -1.18. The summed E-state index contributed by atoms with van der Waals surface area (Å²) in [5.74, 6) is 0.341. The van der Waals surface area contributed by atoms with Crippen LogP contribution in [0.25, 0.3) is 0 Å². The highest BCUT2D eigenvalue weighted by atomic mass is 32.2. The number of hydrogen-bond acceptors (Lipinski definition) is 5. The Morgan fingerprint density at radius 3 is 2.40 bits per heavy atom. The number of ether oxygens (including phenoxy) is 1.